The summed E-state index contributed by atoms with van der Waals surface area (Å²) in [4.78, 5) is 11.9. The molecule has 0 bridgehead atoms. The lowest BCUT2D eigenvalue weighted by atomic mass is 10.1. The molecule has 0 unspecified atom stereocenters. The number of rotatable bonds is 5. The SMILES string of the molecule is CCOC(=O)c1oc2ccc(S(=O)(=O)Nc3ccc(F)cc3)cc2c1C. The maximum absolute atomic E-state index is 13.0. The number of sulfonamides is 1. The Bertz CT molecular complexity index is 1070. The van der Waals surface area contributed by atoms with Gasteiger partial charge in [0, 0.05) is 16.6 Å². The van der Waals surface area contributed by atoms with E-state index in [0.717, 1.165) is 12.1 Å². The second-order valence-corrected chi connectivity index (χ2v) is 7.23. The van der Waals surface area contributed by atoms with Crippen LogP contribution in [0.2, 0.25) is 0 Å². The zero-order valence-corrected chi connectivity index (χ0v) is 14.9. The Labute approximate surface area is 149 Å². The third-order valence-electron chi connectivity index (χ3n) is 3.78. The maximum Gasteiger partial charge on any atom is 0.374 e. The van der Waals surface area contributed by atoms with Gasteiger partial charge < -0.3 is 9.15 Å². The zero-order valence-electron chi connectivity index (χ0n) is 14.1. The molecule has 0 saturated carbocycles. The molecule has 0 saturated heterocycles. The molecule has 3 rings (SSSR count). The number of ether oxygens (including phenoxy) is 1. The van der Waals surface area contributed by atoms with Crippen molar-refractivity contribution >= 4 is 32.6 Å². The minimum absolute atomic E-state index is 0.00589. The van der Waals surface area contributed by atoms with Crippen LogP contribution in [0, 0.1) is 12.7 Å². The van der Waals surface area contributed by atoms with Crippen LogP contribution in [0.25, 0.3) is 11.0 Å². The van der Waals surface area contributed by atoms with Crippen LogP contribution in [0.3, 0.4) is 0 Å². The fourth-order valence-electron chi connectivity index (χ4n) is 2.49. The van der Waals surface area contributed by atoms with Crippen LogP contribution in [-0.2, 0) is 14.8 Å². The Balaban J connectivity index is 1.98. The number of esters is 1. The number of furan rings is 1. The molecule has 3 aromatic rings. The molecule has 26 heavy (non-hydrogen) atoms. The van der Waals surface area contributed by atoms with Crippen molar-refractivity contribution in [1.29, 1.82) is 0 Å². The van der Waals surface area contributed by atoms with Crippen LogP contribution in [0.1, 0.15) is 23.0 Å². The van der Waals surface area contributed by atoms with Crippen molar-refractivity contribution in [3.63, 3.8) is 0 Å². The fourth-order valence-corrected chi connectivity index (χ4v) is 3.57. The topological polar surface area (TPSA) is 85.6 Å². The Morgan fingerprint density at radius 3 is 2.54 bits per heavy atom. The van der Waals surface area contributed by atoms with E-state index in [4.69, 9.17) is 9.15 Å². The van der Waals surface area contributed by atoms with E-state index in [1.807, 2.05) is 0 Å². The number of anilines is 1. The van der Waals surface area contributed by atoms with Gasteiger partial charge >= 0.3 is 5.97 Å². The standard InChI is InChI=1S/C18H16FNO5S/c1-3-24-18(21)17-11(2)15-10-14(8-9-16(15)25-17)26(22,23)20-13-6-4-12(19)5-7-13/h4-10,20H,3H2,1-2H3. The first-order valence-corrected chi connectivity index (χ1v) is 9.29. The van der Waals surface area contributed by atoms with Crippen molar-refractivity contribution in [1.82, 2.24) is 0 Å². The molecular weight excluding hydrogens is 361 g/mol. The van der Waals surface area contributed by atoms with Crippen LogP contribution in [0.4, 0.5) is 10.1 Å². The lowest BCUT2D eigenvalue weighted by Crippen LogP contribution is -2.12. The van der Waals surface area contributed by atoms with Crippen LogP contribution in [-0.4, -0.2) is 21.0 Å². The quantitative estimate of drug-likeness (QED) is 0.683. The predicted octanol–water partition coefficient (Wildman–Crippen LogP) is 3.86. The summed E-state index contributed by atoms with van der Waals surface area (Å²) in [5.74, 6) is -1.02. The van der Waals surface area contributed by atoms with Crippen molar-refractivity contribution in [3.05, 3.63) is 59.6 Å². The Kier molecular flexibility index (Phi) is 4.69. The Hall–Kier alpha value is -2.87. The molecule has 2 aromatic carbocycles. The minimum atomic E-state index is -3.89. The predicted molar refractivity (Wildman–Crippen MR) is 94.1 cm³/mol. The number of hydrogen-bond donors (Lipinski definition) is 1. The maximum atomic E-state index is 13.0. The molecule has 0 amide bonds. The van der Waals surface area contributed by atoms with E-state index < -0.39 is 21.8 Å². The number of fused-ring (bicyclic) bond motifs is 1. The number of hydrogen-bond acceptors (Lipinski definition) is 5. The molecule has 136 valence electrons. The Morgan fingerprint density at radius 2 is 1.88 bits per heavy atom. The smallest absolute Gasteiger partial charge is 0.374 e. The van der Waals surface area contributed by atoms with Gasteiger partial charge in [-0.25, -0.2) is 17.6 Å². The highest BCUT2D eigenvalue weighted by Crippen LogP contribution is 2.29. The molecule has 0 aliphatic rings. The first-order valence-electron chi connectivity index (χ1n) is 7.80. The summed E-state index contributed by atoms with van der Waals surface area (Å²) in [5.41, 5.74) is 1.12. The van der Waals surface area contributed by atoms with Crippen molar-refractivity contribution in [3.8, 4) is 0 Å². The number of carbonyl (C=O) groups is 1. The second kappa shape index (κ2) is 6.80. The monoisotopic (exact) mass is 377 g/mol. The van der Waals surface area contributed by atoms with Gasteiger partial charge in [0.05, 0.1) is 11.5 Å². The summed E-state index contributed by atoms with van der Waals surface area (Å²) in [6.45, 7) is 3.54. The molecule has 0 atom stereocenters. The molecule has 6 nitrogen and oxygen atoms in total. The molecule has 1 heterocycles. The highest BCUT2D eigenvalue weighted by atomic mass is 32.2. The Morgan fingerprint density at radius 1 is 1.19 bits per heavy atom. The first kappa shape index (κ1) is 17.9. The number of aryl methyl sites for hydroxylation is 1. The van der Waals surface area contributed by atoms with Gasteiger partial charge in [0.2, 0.25) is 5.76 Å². The third-order valence-corrected chi connectivity index (χ3v) is 5.15. The van der Waals surface area contributed by atoms with E-state index in [1.54, 1.807) is 13.8 Å². The zero-order chi connectivity index (χ0) is 18.9. The minimum Gasteiger partial charge on any atom is -0.460 e. The van der Waals surface area contributed by atoms with E-state index in [9.17, 15) is 17.6 Å². The molecule has 0 aliphatic heterocycles. The van der Waals surface area contributed by atoms with Gasteiger partial charge in [-0.1, -0.05) is 0 Å². The molecule has 8 heteroatoms. The highest BCUT2D eigenvalue weighted by molar-refractivity contribution is 7.92. The van der Waals surface area contributed by atoms with E-state index in [0.29, 0.717) is 16.5 Å². The summed E-state index contributed by atoms with van der Waals surface area (Å²) in [6.07, 6.45) is 0. The van der Waals surface area contributed by atoms with Gasteiger partial charge in [0.1, 0.15) is 11.4 Å². The van der Waals surface area contributed by atoms with Crippen molar-refractivity contribution in [2.24, 2.45) is 0 Å². The van der Waals surface area contributed by atoms with E-state index >= 15 is 0 Å². The largest absolute Gasteiger partial charge is 0.460 e. The fraction of sp³-hybridized carbons (Fsp3) is 0.167. The summed E-state index contributed by atoms with van der Waals surface area (Å²) in [5, 5.41) is 0.495. The molecule has 0 radical (unpaired) electrons. The van der Waals surface area contributed by atoms with Gasteiger partial charge in [0.15, 0.2) is 0 Å². The summed E-state index contributed by atoms with van der Waals surface area (Å²) < 4.78 is 50.9. The summed E-state index contributed by atoms with van der Waals surface area (Å²) >= 11 is 0. The van der Waals surface area contributed by atoms with Crippen molar-refractivity contribution in [2.45, 2.75) is 18.7 Å². The van der Waals surface area contributed by atoms with Crippen LogP contribution < -0.4 is 4.72 Å². The average Bonchev–Trinajstić information content (AvgIpc) is 2.93. The number of halogens is 1. The average molecular weight is 377 g/mol. The highest BCUT2D eigenvalue weighted by Gasteiger charge is 2.21. The van der Waals surface area contributed by atoms with Crippen LogP contribution >= 0.6 is 0 Å². The van der Waals surface area contributed by atoms with Crippen LogP contribution in [0.5, 0.6) is 0 Å². The van der Waals surface area contributed by atoms with E-state index in [2.05, 4.69) is 4.72 Å². The van der Waals surface area contributed by atoms with Gasteiger partial charge in [0.25, 0.3) is 10.0 Å². The molecule has 0 fully saturated rings. The van der Waals surface area contributed by atoms with Gasteiger partial charge in [-0.2, -0.15) is 0 Å². The summed E-state index contributed by atoms with van der Waals surface area (Å²) in [7, 11) is -3.89. The lowest BCUT2D eigenvalue weighted by Gasteiger charge is -2.08. The van der Waals surface area contributed by atoms with Crippen molar-refractivity contribution < 1.29 is 26.8 Å². The second-order valence-electron chi connectivity index (χ2n) is 5.55. The number of nitrogens with one attached hydrogen (secondary N) is 1. The molecule has 0 spiro atoms. The van der Waals surface area contributed by atoms with E-state index in [1.165, 1.54) is 30.3 Å². The number of benzene rings is 2. The molecule has 0 aliphatic carbocycles. The van der Waals surface area contributed by atoms with Gasteiger partial charge in [-0.3, -0.25) is 4.72 Å². The van der Waals surface area contributed by atoms with Gasteiger partial charge in [-0.15, -0.1) is 0 Å². The van der Waals surface area contributed by atoms with E-state index in [-0.39, 0.29) is 22.9 Å². The van der Waals surface area contributed by atoms with Gasteiger partial charge in [-0.05, 0) is 56.3 Å². The van der Waals surface area contributed by atoms with Crippen molar-refractivity contribution in [2.75, 3.05) is 11.3 Å². The van der Waals surface area contributed by atoms with Crippen LogP contribution in [0.15, 0.2) is 51.8 Å². The molecule has 1 N–H and O–H groups in total. The lowest BCUT2D eigenvalue weighted by molar-refractivity contribution is 0.0491. The normalized spacial score (nSPS) is 11.5. The first-order chi connectivity index (χ1) is 12.3. The molecular formula is C18H16FNO5S. The summed E-state index contributed by atoms with van der Waals surface area (Å²) in [6, 6.07) is 9.24. The molecule has 1 aromatic heterocycles. The third kappa shape index (κ3) is 3.41. The number of carbonyl (C=O) groups excluding carboxylic acids is 1.